The standard InChI is InChI=1S/C21H29N5O3/c22-20(28)26-18-14-15(4-6-17(18)23-21(26)29)5-7-19(27)25-12-8-16(9-13-25)24-10-2-1-3-11-24/h4,6,14,16H,1-3,5,7-13H2,(H2,22,28)(H,23,29). The molecule has 1 aromatic carbocycles. The van der Waals surface area contributed by atoms with Crippen molar-refractivity contribution in [1.82, 2.24) is 19.4 Å². The first-order valence-corrected chi connectivity index (χ1v) is 10.6. The van der Waals surface area contributed by atoms with Crippen LogP contribution in [-0.2, 0) is 11.2 Å². The van der Waals surface area contributed by atoms with Gasteiger partial charge in [0, 0.05) is 25.6 Å². The van der Waals surface area contributed by atoms with E-state index in [1.54, 1.807) is 12.1 Å². The molecule has 0 spiro atoms. The highest BCUT2D eigenvalue weighted by Gasteiger charge is 2.27. The third-order valence-corrected chi connectivity index (χ3v) is 6.32. The molecule has 0 radical (unpaired) electrons. The van der Waals surface area contributed by atoms with Gasteiger partial charge in [-0.2, -0.15) is 0 Å². The molecule has 1 aromatic heterocycles. The molecule has 2 saturated heterocycles. The Morgan fingerprint density at radius 1 is 1.07 bits per heavy atom. The van der Waals surface area contributed by atoms with Crippen molar-refractivity contribution in [2.24, 2.45) is 5.73 Å². The number of H-pyrrole nitrogens is 1. The van der Waals surface area contributed by atoms with Gasteiger partial charge in [0.15, 0.2) is 0 Å². The number of hydrogen-bond donors (Lipinski definition) is 2. The molecule has 0 unspecified atom stereocenters. The lowest BCUT2D eigenvalue weighted by Crippen LogP contribution is -2.48. The first kappa shape index (κ1) is 19.7. The Morgan fingerprint density at radius 3 is 2.48 bits per heavy atom. The average Bonchev–Trinajstić information content (AvgIpc) is 3.08. The number of carbonyl (C=O) groups is 2. The molecule has 2 aliphatic rings. The molecular weight excluding hydrogens is 370 g/mol. The van der Waals surface area contributed by atoms with Gasteiger partial charge in [-0.05, 0) is 62.9 Å². The van der Waals surface area contributed by atoms with E-state index in [1.807, 2.05) is 11.0 Å². The van der Waals surface area contributed by atoms with Gasteiger partial charge in [-0.1, -0.05) is 12.5 Å². The van der Waals surface area contributed by atoms with Crippen LogP contribution in [0.3, 0.4) is 0 Å². The number of nitrogens with one attached hydrogen (secondary N) is 1. The molecular formula is C21H29N5O3. The largest absolute Gasteiger partial charge is 0.351 e. The topological polar surface area (TPSA) is 104 Å². The number of imidazole rings is 1. The fraction of sp³-hybridized carbons (Fsp3) is 0.571. The molecule has 0 atom stereocenters. The summed E-state index contributed by atoms with van der Waals surface area (Å²) in [5.74, 6) is 0.170. The average molecular weight is 399 g/mol. The monoisotopic (exact) mass is 399 g/mol. The van der Waals surface area contributed by atoms with Crippen molar-refractivity contribution < 1.29 is 9.59 Å². The Morgan fingerprint density at radius 2 is 1.79 bits per heavy atom. The predicted octanol–water partition coefficient (Wildman–Crippen LogP) is 1.67. The number of carbonyl (C=O) groups excluding carboxylic acids is 2. The number of nitrogens with two attached hydrogens (primary N) is 1. The van der Waals surface area contributed by atoms with Gasteiger partial charge in [0.1, 0.15) is 0 Å². The van der Waals surface area contributed by atoms with Crippen molar-refractivity contribution in [2.75, 3.05) is 26.2 Å². The van der Waals surface area contributed by atoms with E-state index in [0.29, 0.717) is 29.9 Å². The SMILES string of the molecule is NC(=O)n1c(=O)[nH]c2ccc(CCC(=O)N3CCC(N4CCCCC4)CC3)cc21. The molecule has 0 aliphatic carbocycles. The van der Waals surface area contributed by atoms with E-state index in [4.69, 9.17) is 5.73 Å². The van der Waals surface area contributed by atoms with Gasteiger partial charge < -0.3 is 20.5 Å². The molecule has 3 heterocycles. The molecule has 29 heavy (non-hydrogen) atoms. The number of amides is 2. The maximum atomic E-state index is 12.7. The number of rotatable bonds is 4. The number of aryl methyl sites for hydroxylation is 1. The van der Waals surface area contributed by atoms with E-state index < -0.39 is 11.7 Å². The van der Waals surface area contributed by atoms with Crippen LogP contribution in [0.2, 0.25) is 0 Å². The predicted molar refractivity (Wildman–Crippen MR) is 111 cm³/mol. The van der Waals surface area contributed by atoms with Crippen LogP contribution in [-0.4, -0.2) is 63.5 Å². The normalized spacial score (nSPS) is 19.0. The van der Waals surface area contributed by atoms with Crippen LogP contribution in [0.15, 0.2) is 23.0 Å². The van der Waals surface area contributed by atoms with Crippen LogP contribution in [0, 0.1) is 0 Å². The molecule has 3 N–H and O–H groups in total. The third kappa shape index (κ3) is 4.22. The van der Waals surface area contributed by atoms with Crippen molar-refractivity contribution in [3.8, 4) is 0 Å². The fourth-order valence-corrected chi connectivity index (χ4v) is 4.70. The van der Waals surface area contributed by atoms with Crippen LogP contribution >= 0.6 is 0 Å². The maximum absolute atomic E-state index is 12.7. The summed E-state index contributed by atoms with van der Waals surface area (Å²) in [6, 6.07) is 5.19. The second-order valence-electron chi connectivity index (χ2n) is 8.16. The Kier molecular flexibility index (Phi) is 5.71. The quantitative estimate of drug-likeness (QED) is 0.816. The number of hydrogen-bond acceptors (Lipinski definition) is 4. The first-order chi connectivity index (χ1) is 14.0. The zero-order valence-corrected chi connectivity index (χ0v) is 16.7. The van der Waals surface area contributed by atoms with Gasteiger partial charge in [-0.25, -0.2) is 14.2 Å². The lowest BCUT2D eigenvalue weighted by atomic mass is 9.99. The zero-order valence-electron chi connectivity index (χ0n) is 16.7. The van der Waals surface area contributed by atoms with Crippen molar-refractivity contribution in [3.63, 3.8) is 0 Å². The van der Waals surface area contributed by atoms with Crippen molar-refractivity contribution in [1.29, 1.82) is 0 Å². The highest BCUT2D eigenvalue weighted by atomic mass is 16.2. The Labute approximate surface area is 169 Å². The van der Waals surface area contributed by atoms with Gasteiger partial charge >= 0.3 is 11.7 Å². The maximum Gasteiger partial charge on any atom is 0.334 e. The van der Waals surface area contributed by atoms with Crippen LogP contribution < -0.4 is 11.4 Å². The number of fused-ring (bicyclic) bond motifs is 1. The van der Waals surface area contributed by atoms with Crippen LogP contribution in [0.5, 0.6) is 0 Å². The Balaban J connectivity index is 1.33. The summed E-state index contributed by atoms with van der Waals surface area (Å²) in [6.45, 7) is 4.07. The fourth-order valence-electron chi connectivity index (χ4n) is 4.70. The molecule has 8 nitrogen and oxygen atoms in total. The number of piperidine rings is 2. The molecule has 2 aliphatic heterocycles. The van der Waals surface area contributed by atoms with Crippen molar-refractivity contribution in [2.45, 2.75) is 51.0 Å². The molecule has 2 aromatic rings. The minimum atomic E-state index is -0.814. The van der Waals surface area contributed by atoms with Gasteiger partial charge in [0.2, 0.25) is 5.91 Å². The minimum absolute atomic E-state index is 0.170. The zero-order chi connectivity index (χ0) is 20.4. The number of aromatic nitrogens is 2. The summed E-state index contributed by atoms with van der Waals surface area (Å²) in [7, 11) is 0. The summed E-state index contributed by atoms with van der Waals surface area (Å²) in [4.78, 5) is 43.2. The summed E-state index contributed by atoms with van der Waals surface area (Å²) in [5.41, 5.74) is 6.67. The second-order valence-corrected chi connectivity index (χ2v) is 8.16. The minimum Gasteiger partial charge on any atom is -0.351 e. The van der Waals surface area contributed by atoms with E-state index in [1.165, 1.54) is 32.4 Å². The molecule has 2 amide bonds. The molecule has 0 saturated carbocycles. The van der Waals surface area contributed by atoms with Gasteiger partial charge in [0.05, 0.1) is 11.0 Å². The van der Waals surface area contributed by atoms with Crippen LogP contribution in [0.4, 0.5) is 4.79 Å². The third-order valence-electron chi connectivity index (χ3n) is 6.32. The summed E-state index contributed by atoms with van der Waals surface area (Å²) in [5, 5.41) is 0. The van der Waals surface area contributed by atoms with Gasteiger partial charge in [-0.3, -0.25) is 4.79 Å². The molecule has 2 fully saturated rings. The smallest absolute Gasteiger partial charge is 0.334 e. The molecule has 0 bridgehead atoms. The highest BCUT2D eigenvalue weighted by Crippen LogP contribution is 2.22. The Hall–Kier alpha value is -2.61. The first-order valence-electron chi connectivity index (χ1n) is 10.6. The van der Waals surface area contributed by atoms with E-state index in [2.05, 4.69) is 9.88 Å². The van der Waals surface area contributed by atoms with E-state index >= 15 is 0 Å². The number of benzene rings is 1. The number of aromatic amines is 1. The van der Waals surface area contributed by atoms with E-state index in [-0.39, 0.29) is 5.91 Å². The number of primary amides is 1. The summed E-state index contributed by atoms with van der Waals surface area (Å²) in [6.07, 6.45) is 7.06. The summed E-state index contributed by atoms with van der Waals surface area (Å²) < 4.78 is 0.923. The lowest BCUT2D eigenvalue weighted by molar-refractivity contribution is -0.132. The van der Waals surface area contributed by atoms with E-state index in [9.17, 15) is 14.4 Å². The molecule has 4 rings (SSSR count). The lowest BCUT2D eigenvalue weighted by Gasteiger charge is -2.40. The molecule has 8 heteroatoms. The van der Waals surface area contributed by atoms with Gasteiger partial charge in [0.25, 0.3) is 0 Å². The van der Waals surface area contributed by atoms with Crippen LogP contribution in [0.25, 0.3) is 11.0 Å². The number of nitrogens with zero attached hydrogens (tertiary/aromatic N) is 3. The molecule has 156 valence electrons. The van der Waals surface area contributed by atoms with Crippen molar-refractivity contribution in [3.05, 3.63) is 34.2 Å². The van der Waals surface area contributed by atoms with E-state index in [0.717, 1.165) is 36.1 Å². The van der Waals surface area contributed by atoms with Gasteiger partial charge in [-0.15, -0.1) is 0 Å². The second kappa shape index (κ2) is 8.41. The van der Waals surface area contributed by atoms with Crippen molar-refractivity contribution >= 4 is 23.0 Å². The highest BCUT2D eigenvalue weighted by molar-refractivity contribution is 5.88. The van der Waals surface area contributed by atoms with Crippen LogP contribution in [0.1, 0.15) is 44.1 Å². The summed E-state index contributed by atoms with van der Waals surface area (Å²) >= 11 is 0. The number of likely N-dealkylation sites (tertiary alicyclic amines) is 2. The Bertz CT molecular complexity index is 949.